The van der Waals surface area contributed by atoms with Gasteiger partial charge < -0.3 is 4.42 Å². The third kappa shape index (κ3) is 6.68. The summed E-state index contributed by atoms with van der Waals surface area (Å²) in [5.74, 6) is 3.70. The van der Waals surface area contributed by atoms with Crippen molar-refractivity contribution in [3.05, 3.63) is 167 Å². The van der Waals surface area contributed by atoms with E-state index in [1.807, 2.05) is 11.3 Å². The first-order valence-corrected chi connectivity index (χ1v) is 26.9. The van der Waals surface area contributed by atoms with E-state index in [9.17, 15) is 0 Å². The van der Waals surface area contributed by atoms with Crippen LogP contribution < -0.4 is 9.13 Å². The van der Waals surface area contributed by atoms with Gasteiger partial charge >= 0.3 is 0 Å². The number of hydrogen-bond donors (Lipinski definition) is 0. The Morgan fingerprint density at radius 3 is 1.90 bits per heavy atom. The molecule has 0 aliphatic carbocycles. The molecule has 0 saturated carbocycles. The lowest BCUT2D eigenvalue weighted by atomic mass is 9.57. The number of thiophene rings is 1. The molecule has 5 heterocycles. The summed E-state index contributed by atoms with van der Waals surface area (Å²) in [4.78, 5) is 0. The van der Waals surface area contributed by atoms with Crippen LogP contribution in [0.3, 0.4) is 0 Å². The van der Waals surface area contributed by atoms with Crippen LogP contribution in [0.5, 0.6) is 0 Å². The number of furan rings is 1. The van der Waals surface area contributed by atoms with Crippen LogP contribution >= 0.6 is 11.3 Å². The topological polar surface area (TPSA) is 30.8 Å². The van der Waals surface area contributed by atoms with Crippen LogP contribution in [-0.2, 0) is 24.4 Å². The molecule has 6 heteroatoms. The summed E-state index contributed by atoms with van der Waals surface area (Å²) in [5, 5.41) is 5.15. The molecule has 2 atom stereocenters. The van der Waals surface area contributed by atoms with Crippen molar-refractivity contribution in [2.45, 2.75) is 136 Å². The number of benzene rings is 6. The Bertz CT molecular complexity index is 3650. The second-order valence-corrected chi connectivity index (χ2v) is 22.8. The second-order valence-electron chi connectivity index (χ2n) is 21.8. The summed E-state index contributed by atoms with van der Waals surface area (Å²) in [5.41, 5.74) is 15.1. The van der Waals surface area contributed by atoms with Crippen molar-refractivity contribution >= 4 is 53.4 Å². The molecule has 11 rings (SSSR count). The number of nitrogens with zero attached hydrogens (tertiary/aromatic N) is 4. The smallest absolute Gasteiger partial charge is 0.294 e. The Balaban J connectivity index is 1.06. The summed E-state index contributed by atoms with van der Waals surface area (Å²) in [6, 6.07) is 41.1. The van der Waals surface area contributed by atoms with Gasteiger partial charge in [-0.25, -0.2) is 9.13 Å². The molecule has 2 unspecified atom stereocenters. The minimum Gasteiger partial charge on any atom is -0.456 e. The molecule has 356 valence electrons. The van der Waals surface area contributed by atoms with Crippen LogP contribution in [-0.4, -0.2) is 9.13 Å². The van der Waals surface area contributed by atoms with E-state index in [2.05, 4.69) is 235 Å². The molecule has 5 nitrogen and oxygen atoms in total. The molecule has 70 heavy (non-hydrogen) atoms. The van der Waals surface area contributed by atoms with Crippen LogP contribution in [0.1, 0.15) is 152 Å². The Morgan fingerprint density at radius 2 is 1.20 bits per heavy atom. The normalized spacial score (nSPS) is 17.1. The van der Waals surface area contributed by atoms with Gasteiger partial charge in [-0.1, -0.05) is 142 Å². The summed E-state index contributed by atoms with van der Waals surface area (Å²) in [6.07, 6.45) is 13.3. The monoisotopic (exact) mass is 943 g/mol. The Morgan fingerprint density at radius 1 is 0.600 bits per heavy atom. The Kier molecular flexibility index (Phi) is 11.4. The van der Waals surface area contributed by atoms with Gasteiger partial charge in [0.05, 0.1) is 18.2 Å². The molecule has 1 aliphatic heterocycles. The third-order valence-electron chi connectivity index (χ3n) is 16.7. The standard InChI is InChI=1S/C64H70N4OS/c1-13-63(11)64(14-2,52-28-20-17-27-47(52)62-67(35-36-68(62)63)58-49(40(5)6)38-51-46-26-19-22-30-54(46)70-60(51)56(58)42(9)10)32-31-43-23-15-16-24-44(43)61-65(12)33-34-66(61)57-48(39(3)4)37-50-45-25-18-21-29-53(45)69-59(50)55(57)41(7)8/h15-30,33-42H,13-14,31-32H2,1-12H3/q+2. The fourth-order valence-electron chi connectivity index (χ4n) is 13.1. The summed E-state index contributed by atoms with van der Waals surface area (Å²) >= 11 is 1.96. The van der Waals surface area contributed by atoms with E-state index in [1.165, 1.54) is 98.5 Å². The second kappa shape index (κ2) is 17.3. The number of aromatic nitrogens is 4. The molecule has 0 bridgehead atoms. The average Bonchev–Trinajstić information content (AvgIpc) is 4.15. The fourth-order valence-corrected chi connectivity index (χ4v) is 14.4. The van der Waals surface area contributed by atoms with Gasteiger partial charge in [0.25, 0.3) is 11.6 Å². The first kappa shape index (κ1) is 46.2. The van der Waals surface area contributed by atoms with Crippen LogP contribution in [0.15, 0.2) is 138 Å². The van der Waals surface area contributed by atoms with E-state index < -0.39 is 0 Å². The van der Waals surface area contributed by atoms with E-state index in [-0.39, 0.29) is 16.9 Å². The lowest BCUT2D eigenvalue weighted by molar-refractivity contribution is -0.765. The highest BCUT2D eigenvalue weighted by Gasteiger charge is 2.57. The van der Waals surface area contributed by atoms with E-state index in [1.54, 1.807) is 0 Å². The molecular formula is C64H70N4OS+2. The molecule has 10 aromatic rings. The summed E-state index contributed by atoms with van der Waals surface area (Å²) < 4.78 is 19.7. The summed E-state index contributed by atoms with van der Waals surface area (Å²) in [7, 11) is 2.21. The van der Waals surface area contributed by atoms with Crippen LogP contribution in [0.2, 0.25) is 0 Å². The lowest BCUT2D eigenvalue weighted by Gasteiger charge is -2.50. The molecule has 0 saturated heterocycles. The molecule has 0 N–H and O–H groups in total. The number of para-hydroxylation sites is 1. The van der Waals surface area contributed by atoms with Gasteiger partial charge in [-0.2, -0.15) is 9.13 Å². The number of fused-ring (bicyclic) bond motifs is 9. The molecule has 6 aromatic carbocycles. The number of imidazole rings is 2. The van der Waals surface area contributed by atoms with E-state index in [0.29, 0.717) is 17.8 Å². The molecule has 4 aromatic heterocycles. The van der Waals surface area contributed by atoms with Crippen molar-refractivity contribution in [1.29, 1.82) is 0 Å². The maximum atomic E-state index is 6.79. The van der Waals surface area contributed by atoms with Crippen LogP contribution in [0.25, 0.3) is 76.3 Å². The summed E-state index contributed by atoms with van der Waals surface area (Å²) in [6.45, 7) is 26.3. The van der Waals surface area contributed by atoms with Gasteiger partial charge in [-0.3, -0.25) is 0 Å². The highest BCUT2D eigenvalue weighted by atomic mass is 32.1. The molecule has 0 spiro atoms. The minimum atomic E-state index is -0.214. The fraction of sp³-hybridized carbons (Fsp3) is 0.344. The zero-order chi connectivity index (χ0) is 49.0. The number of rotatable bonds is 12. The van der Waals surface area contributed by atoms with Crippen molar-refractivity contribution in [3.63, 3.8) is 0 Å². The van der Waals surface area contributed by atoms with Crippen molar-refractivity contribution in [2.75, 3.05) is 0 Å². The Labute approximate surface area is 419 Å². The SMILES string of the molecule is CCC1(CCc2ccccc2-c2n(-c3c(C(C)C)cc4c(oc5ccccc54)c3C(C)C)cc[n+]2C)c2ccccc2-c2n(-c3c(C(C)C)cc4c(sc5ccccc54)c3C(C)C)cc[n+]2C1(C)CC. The van der Waals surface area contributed by atoms with Crippen LogP contribution in [0.4, 0.5) is 0 Å². The van der Waals surface area contributed by atoms with Crippen molar-refractivity contribution in [1.82, 2.24) is 9.13 Å². The maximum absolute atomic E-state index is 6.79. The minimum absolute atomic E-state index is 0.154. The van der Waals surface area contributed by atoms with E-state index in [4.69, 9.17) is 4.42 Å². The van der Waals surface area contributed by atoms with Gasteiger partial charge in [0.2, 0.25) is 0 Å². The third-order valence-corrected chi connectivity index (χ3v) is 18.0. The first-order chi connectivity index (χ1) is 33.7. The van der Waals surface area contributed by atoms with Gasteiger partial charge in [-0.15, -0.1) is 11.3 Å². The average molecular weight is 943 g/mol. The Hall–Kier alpha value is -6.24. The molecular weight excluding hydrogens is 873 g/mol. The number of hydrogen-bond acceptors (Lipinski definition) is 2. The van der Waals surface area contributed by atoms with Crippen molar-refractivity contribution < 1.29 is 13.6 Å². The highest BCUT2D eigenvalue weighted by molar-refractivity contribution is 7.26. The largest absolute Gasteiger partial charge is 0.456 e. The quantitative estimate of drug-likeness (QED) is 0.112. The molecule has 0 amide bonds. The first-order valence-electron chi connectivity index (χ1n) is 26.1. The lowest BCUT2D eigenvalue weighted by Crippen LogP contribution is -2.68. The number of aryl methyl sites for hydroxylation is 2. The zero-order valence-electron chi connectivity index (χ0n) is 43.4. The zero-order valence-corrected chi connectivity index (χ0v) is 44.3. The van der Waals surface area contributed by atoms with Gasteiger partial charge in [0, 0.05) is 58.6 Å². The molecule has 0 fully saturated rings. The van der Waals surface area contributed by atoms with E-state index >= 15 is 0 Å². The highest BCUT2D eigenvalue weighted by Crippen LogP contribution is 2.54. The van der Waals surface area contributed by atoms with E-state index in [0.717, 1.165) is 36.8 Å². The van der Waals surface area contributed by atoms with Crippen molar-refractivity contribution in [3.8, 4) is 34.2 Å². The van der Waals surface area contributed by atoms with Gasteiger partial charge in [-0.05, 0) is 104 Å². The molecule has 1 aliphatic rings. The predicted molar refractivity (Wildman–Crippen MR) is 295 cm³/mol. The maximum Gasteiger partial charge on any atom is 0.294 e. The van der Waals surface area contributed by atoms with Crippen LogP contribution in [0, 0.1) is 0 Å². The predicted octanol–water partition coefficient (Wildman–Crippen LogP) is 16.9. The van der Waals surface area contributed by atoms with Gasteiger partial charge in [0.15, 0.2) is 0 Å². The van der Waals surface area contributed by atoms with Crippen molar-refractivity contribution in [2.24, 2.45) is 7.05 Å². The van der Waals surface area contributed by atoms with Gasteiger partial charge in [0.1, 0.15) is 52.9 Å². The molecule has 0 radical (unpaired) electrons.